The summed E-state index contributed by atoms with van der Waals surface area (Å²) < 4.78 is 53.6. The van der Waals surface area contributed by atoms with Gasteiger partial charge in [-0.25, -0.2) is 22.4 Å². The van der Waals surface area contributed by atoms with Crippen LogP contribution in [0.25, 0.3) is 0 Å². The predicted octanol–water partition coefficient (Wildman–Crippen LogP) is 5.14. The number of benzene rings is 3. The molecular weight excluding hydrogens is 390 g/mol. The van der Waals surface area contributed by atoms with Crippen LogP contribution < -0.4 is 16.0 Å². The molecule has 5 nitrogen and oxygen atoms in total. The van der Waals surface area contributed by atoms with E-state index in [-0.39, 0.29) is 17.1 Å². The first-order chi connectivity index (χ1) is 13.8. The van der Waals surface area contributed by atoms with Crippen molar-refractivity contribution in [2.24, 2.45) is 0 Å². The minimum absolute atomic E-state index is 0.00354. The van der Waals surface area contributed by atoms with Gasteiger partial charge in [0, 0.05) is 11.8 Å². The third-order valence-electron chi connectivity index (χ3n) is 3.74. The van der Waals surface area contributed by atoms with Crippen molar-refractivity contribution in [1.82, 2.24) is 0 Å². The molecule has 0 atom stereocenters. The smallest absolute Gasteiger partial charge is 0.320 e. The van der Waals surface area contributed by atoms with E-state index in [4.69, 9.17) is 0 Å². The molecule has 0 unspecified atom stereocenters. The van der Waals surface area contributed by atoms with Gasteiger partial charge in [0.1, 0.15) is 23.3 Å². The van der Waals surface area contributed by atoms with Crippen LogP contribution in [0.4, 0.5) is 39.4 Å². The quantitative estimate of drug-likeness (QED) is 0.528. The molecule has 0 spiro atoms. The fourth-order valence-corrected chi connectivity index (χ4v) is 2.44. The van der Waals surface area contributed by atoms with Gasteiger partial charge in [-0.3, -0.25) is 4.79 Å². The Labute approximate surface area is 162 Å². The summed E-state index contributed by atoms with van der Waals surface area (Å²) in [4.78, 5) is 24.4. The Morgan fingerprint density at radius 2 is 1.34 bits per heavy atom. The van der Waals surface area contributed by atoms with E-state index >= 15 is 0 Å². The number of rotatable bonds is 4. The van der Waals surface area contributed by atoms with Gasteiger partial charge < -0.3 is 16.0 Å². The summed E-state index contributed by atoms with van der Waals surface area (Å²) >= 11 is 0. The molecule has 0 aromatic heterocycles. The zero-order valence-electron chi connectivity index (χ0n) is 14.6. The highest BCUT2D eigenvalue weighted by molar-refractivity contribution is 6.08. The normalized spacial score (nSPS) is 10.3. The first kappa shape index (κ1) is 19.9. The molecule has 0 saturated heterocycles. The largest absolute Gasteiger partial charge is 0.323 e. The molecule has 3 rings (SSSR count). The van der Waals surface area contributed by atoms with Crippen molar-refractivity contribution in [1.29, 1.82) is 0 Å². The van der Waals surface area contributed by atoms with Crippen LogP contribution in [-0.4, -0.2) is 11.9 Å². The van der Waals surface area contributed by atoms with Crippen LogP contribution in [0.1, 0.15) is 10.4 Å². The molecule has 3 N–H and O–H groups in total. The first-order valence-electron chi connectivity index (χ1n) is 8.21. The highest BCUT2D eigenvalue weighted by atomic mass is 19.1. The van der Waals surface area contributed by atoms with Crippen LogP contribution in [0, 0.1) is 23.3 Å². The van der Waals surface area contributed by atoms with E-state index in [0.717, 1.165) is 30.3 Å². The summed E-state index contributed by atoms with van der Waals surface area (Å²) in [6, 6.07) is 9.84. The monoisotopic (exact) mass is 403 g/mol. The fraction of sp³-hybridized carbons (Fsp3) is 0. The van der Waals surface area contributed by atoms with Gasteiger partial charge in [0.2, 0.25) is 0 Å². The van der Waals surface area contributed by atoms with Crippen LogP contribution in [0.3, 0.4) is 0 Å². The lowest BCUT2D eigenvalue weighted by atomic mass is 10.1. The van der Waals surface area contributed by atoms with Gasteiger partial charge in [-0.2, -0.15) is 0 Å². The SMILES string of the molecule is O=C(Nc1cccc(F)c1)Nc1ccc(F)cc1NC(=O)c1ccc(F)cc1F. The van der Waals surface area contributed by atoms with Crippen molar-refractivity contribution in [2.45, 2.75) is 0 Å². The van der Waals surface area contributed by atoms with Gasteiger partial charge in [-0.1, -0.05) is 6.07 Å². The minimum atomic E-state index is -1.10. The lowest BCUT2D eigenvalue weighted by molar-refractivity contribution is 0.102. The summed E-state index contributed by atoms with van der Waals surface area (Å²) in [7, 11) is 0. The molecule has 3 amide bonds. The molecule has 0 radical (unpaired) electrons. The van der Waals surface area contributed by atoms with Crippen molar-refractivity contribution >= 4 is 29.0 Å². The highest BCUT2D eigenvalue weighted by Crippen LogP contribution is 2.24. The minimum Gasteiger partial charge on any atom is -0.320 e. The maximum absolute atomic E-state index is 13.8. The zero-order chi connectivity index (χ0) is 21.0. The van der Waals surface area contributed by atoms with E-state index in [9.17, 15) is 27.2 Å². The molecule has 9 heteroatoms. The Bertz CT molecular complexity index is 1090. The Kier molecular flexibility index (Phi) is 5.77. The third kappa shape index (κ3) is 5.10. The highest BCUT2D eigenvalue weighted by Gasteiger charge is 2.16. The molecule has 29 heavy (non-hydrogen) atoms. The summed E-state index contributed by atoms with van der Waals surface area (Å²) in [6.07, 6.45) is 0. The summed E-state index contributed by atoms with van der Waals surface area (Å²) in [5, 5.41) is 7.02. The van der Waals surface area contributed by atoms with E-state index in [1.165, 1.54) is 24.3 Å². The summed E-state index contributed by atoms with van der Waals surface area (Å²) in [5.74, 6) is -4.21. The standard InChI is InChI=1S/C20H13F4N3O2/c21-11-2-1-3-14(8-11)25-20(29)27-17-7-5-13(23)10-18(17)26-19(28)15-6-4-12(22)9-16(15)24/h1-10H,(H,26,28)(H2,25,27,29). The predicted molar refractivity (Wildman–Crippen MR) is 99.8 cm³/mol. The molecule has 0 fully saturated rings. The van der Waals surface area contributed by atoms with E-state index < -0.39 is 40.8 Å². The van der Waals surface area contributed by atoms with E-state index in [2.05, 4.69) is 16.0 Å². The topological polar surface area (TPSA) is 70.2 Å². The Morgan fingerprint density at radius 1 is 0.655 bits per heavy atom. The van der Waals surface area contributed by atoms with Crippen molar-refractivity contribution in [2.75, 3.05) is 16.0 Å². The van der Waals surface area contributed by atoms with Gasteiger partial charge in [-0.15, -0.1) is 0 Å². The molecule has 3 aromatic rings. The number of amides is 3. The van der Waals surface area contributed by atoms with Gasteiger partial charge in [-0.05, 0) is 48.5 Å². The average Bonchev–Trinajstić information content (AvgIpc) is 2.63. The van der Waals surface area contributed by atoms with Crippen molar-refractivity contribution in [3.63, 3.8) is 0 Å². The van der Waals surface area contributed by atoms with E-state index in [0.29, 0.717) is 6.07 Å². The molecule has 0 saturated carbocycles. The number of urea groups is 1. The average molecular weight is 403 g/mol. The number of carbonyl (C=O) groups excluding carboxylic acids is 2. The van der Waals surface area contributed by atoms with Gasteiger partial charge in [0.15, 0.2) is 0 Å². The van der Waals surface area contributed by atoms with E-state index in [1.54, 1.807) is 0 Å². The Morgan fingerprint density at radius 3 is 2.07 bits per heavy atom. The summed E-state index contributed by atoms with van der Waals surface area (Å²) in [5.41, 5.74) is -0.460. The van der Waals surface area contributed by atoms with Crippen molar-refractivity contribution in [3.8, 4) is 0 Å². The van der Waals surface area contributed by atoms with Crippen LogP contribution in [-0.2, 0) is 0 Å². The van der Waals surface area contributed by atoms with Gasteiger partial charge in [0.25, 0.3) is 5.91 Å². The van der Waals surface area contributed by atoms with Crippen LogP contribution in [0.5, 0.6) is 0 Å². The van der Waals surface area contributed by atoms with Crippen LogP contribution in [0.15, 0.2) is 60.7 Å². The molecule has 0 aliphatic carbocycles. The lowest BCUT2D eigenvalue weighted by Gasteiger charge is -2.13. The van der Waals surface area contributed by atoms with Crippen molar-refractivity contribution < 1.29 is 27.2 Å². The second kappa shape index (κ2) is 8.42. The first-order valence-corrected chi connectivity index (χ1v) is 8.21. The van der Waals surface area contributed by atoms with Crippen molar-refractivity contribution in [3.05, 3.63) is 89.5 Å². The number of hydrogen-bond donors (Lipinski definition) is 3. The molecule has 0 aliphatic rings. The molecule has 0 bridgehead atoms. The maximum Gasteiger partial charge on any atom is 0.323 e. The number of halogens is 4. The second-order valence-corrected chi connectivity index (χ2v) is 5.86. The number of nitrogens with one attached hydrogen (secondary N) is 3. The molecule has 3 aromatic carbocycles. The zero-order valence-corrected chi connectivity index (χ0v) is 14.6. The summed E-state index contributed by atoms with van der Waals surface area (Å²) in [6.45, 7) is 0. The Balaban J connectivity index is 1.78. The molecular formula is C20H13F4N3O2. The van der Waals surface area contributed by atoms with Gasteiger partial charge in [0.05, 0.1) is 16.9 Å². The Hall–Kier alpha value is -3.88. The van der Waals surface area contributed by atoms with Crippen LogP contribution >= 0.6 is 0 Å². The second-order valence-electron chi connectivity index (χ2n) is 5.86. The van der Waals surface area contributed by atoms with Crippen LogP contribution in [0.2, 0.25) is 0 Å². The fourth-order valence-electron chi connectivity index (χ4n) is 2.44. The maximum atomic E-state index is 13.8. The number of anilines is 3. The molecule has 0 heterocycles. The van der Waals surface area contributed by atoms with E-state index in [1.807, 2.05) is 0 Å². The molecule has 148 valence electrons. The lowest BCUT2D eigenvalue weighted by Crippen LogP contribution is -2.21. The van der Waals surface area contributed by atoms with Gasteiger partial charge >= 0.3 is 6.03 Å². The number of hydrogen-bond acceptors (Lipinski definition) is 2. The molecule has 0 aliphatic heterocycles. The number of carbonyl (C=O) groups is 2. The third-order valence-corrected chi connectivity index (χ3v) is 3.74.